The second-order valence-corrected chi connectivity index (χ2v) is 4.02. The molecule has 0 saturated heterocycles. The standard InChI is InChI=1S/C12H16O/c1-9-3-4-10(2)12(7-9)13-8-11-5-6-11/h3-4,7,11H,5-6,8H2,1-2H3. The van der Waals surface area contributed by atoms with Crippen molar-refractivity contribution in [3.05, 3.63) is 29.3 Å². The Morgan fingerprint density at radius 3 is 2.77 bits per heavy atom. The van der Waals surface area contributed by atoms with Crippen molar-refractivity contribution < 1.29 is 4.74 Å². The van der Waals surface area contributed by atoms with Crippen LogP contribution in [0.2, 0.25) is 0 Å². The lowest BCUT2D eigenvalue weighted by molar-refractivity contribution is 0.297. The van der Waals surface area contributed by atoms with E-state index in [1.807, 2.05) is 0 Å². The summed E-state index contributed by atoms with van der Waals surface area (Å²) in [6.45, 7) is 5.11. The minimum absolute atomic E-state index is 0.833. The Labute approximate surface area is 79.7 Å². The number of hydrogen-bond donors (Lipinski definition) is 0. The van der Waals surface area contributed by atoms with Crippen LogP contribution in [-0.2, 0) is 0 Å². The van der Waals surface area contributed by atoms with Crippen LogP contribution in [0.3, 0.4) is 0 Å². The molecule has 1 aromatic rings. The molecular formula is C12H16O. The molecule has 0 amide bonds. The molecule has 1 heteroatoms. The maximum atomic E-state index is 5.74. The van der Waals surface area contributed by atoms with Crippen molar-refractivity contribution in [2.75, 3.05) is 6.61 Å². The minimum atomic E-state index is 0.833. The predicted octanol–water partition coefficient (Wildman–Crippen LogP) is 3.09. The Bertz CT molecular complexity index is 300. The maximum absolute atomic E-state index is 5.74. The number of ether oxygens (including phenoxy) is 1. The molecule has 13 heavy (non-hydrogen) atoms. The number of rotatable bonds is 3. The van der Waals surface area contributed by atoms with Gasteiger partial charge in [0.15, 0.2) is 0 Å². The molecule has 0 spiro atoms. The Morgan fingerprint density at radius 2 is 2.08 bits per heavy atom. The van der Waals surface area contributed by atoms with E-state index in [0.717, 1.165) is 18.3 Å². The van der Waals surface area contributed by atoms with Crippen molar-refractivity contribution in [1.82, 2.24) is 0 Å². The predicted molar refractivity (Wildman–Crippen MR) is 54.1 cm³/mol. The smallest absolute Gasteiger partial charge is 0.122 e. The summed E-state index contributed by atoms with van der Waals surface area (Å²) in [5.41, 5.74) is 2.52. The quantitative estimate of drug-likeness (QED) is 0.687. The summed E-state index contributed by atoms with van der Waals surface area (Å²) in [5.74, 6) is 1.90. The van der Waals surface area contributed by atoms with Gasteiger partial charge in [-0.25, -0.2) is 0 Å². The monoisotopic (exact) mass is 176 g/mol. The second kappa shape index (κ2) is 3.41. The van der Waals surface area contributed by atoms with Crippen LogP contribution in [0.5, 0.6) is 5.75 Å². The van der Waals surface area contributed by atoms with Crippen molar-refractivity contribution in [3.63, 3.8) is 0 Å². The molecule has 1 aliphatic carbocycles. The van der Waals surface area contributed by atoms with Gasteiger partial charge in [0.1, 0.15) is 5.75 Å². The van der Waals surface area contributed by atoms with E-state index in [2.05, 4.69) is 32.0 Å². The lowest BCUT2D eigenvalue weighted by Gasteiger charge is -2.08. The summed E-state index contributed by atoms with van der Waals surface area (Å²) in [4.78, 5) is 0. The fourth-order valence-corrected chi connectivity index (χ4v) is 1.35. The number of benzene rings is 1. The summed E-state index contributed by atoms with van der Waals surface area (Å²) in [6, 6.07) is 6.37. The molecule has 70 valence electrons. The highest BCUT2D eigenvalue weighted by Crippen LogP contribution is 2.30. The summed E-state index contributed by atoms with van der Waals surface area (Å²) in [5, 5.41) is 0. The van der Waals surface area contributed by atoms with Gasteiger partial charge in [-0.15, -0.1) is 0 Å². The van der Waals surface area contributed by atoms with Crippen molar-refractivity contribution in [3.8, 4) is 5.75 Å². The zero-order valence-electron chi connectivity index (χ0n) is 8.34. The SMILES string of the molecule is Cc1ccc(C)c(OCC2CC2)c1. The van der Waals surface area contributed by atoms with E-state index in [-0.39, 0.29) is 0 Å². The fraction of sp³-hybridized carbons (Fsp3) is 0.500. The van der Waals surface area contributed by atoms with Gasteiger partial charge in [-0.2, -0.15) is 0 Å². The van der Waals surface area contributed by atoms with E-state index in [1.165, 1.54) is 24.0 Å². The molecule has 2 rings (SSSR count). The molecule has 1 saturated carbocycles. The number of hydrogen-bond acceptors (Lipinski definition) is 1. The zero-order chi connectivity index (χ0) is 9.26. The Morgan fingerprint density at radius 1 is 1.31 bits per heavy atom. The first-order valence-electron chi connectivity index (χ1n) is 4.96. The highest BCUT2D eigenvalue weighted by atomic mass is 16.5. The van der Waals surface area contributed by atoms with Crippen LogP contribution in [0.25, 0.3) is 0 Å². The lowest BCUT2D eigenvalue weighted by atomic mass is 10.1. The van der Waals surface area contributed by atoms with E-state index in [9.17, 15) is 0 Å². The molecule has 0 bridgehead atoms. The third kappa shape index (κ3) is 2.24. The summed E-state index contributed by atoms with van der Waals surface area (Å²) >= 11 is 0. The van der Waals surface area contributed by atoms with Gasteiger partial charge in [0.05, 0.1) is 6.61 Å². The zero-order valence-corrected chi connectivity index (χ0v) is 8.34. The molecule has 0 atom stereocenters. The van der Waals surface area contributed by atoms with Gasteiger partial charge in [-0.1, -0.05) is 12.1 Å². The molecule has 1 fully saturated rings. The molecule has 1 nitrogen and oxygen atoms in total. The molecule has 1 aromatic carbocycles. The molecular weight excluding hydrogens is 160 g/mol. The van der Waals surface area contributed by atoms with Crippen LogP contribution >= 0.6 is 0 Å². The van der Waals surface area contributed by atoms with E-state index in [0.29, 0.717) is 0 Å². The van der Waals surface area contributed by atoms with Crippen molar-refractivity contribution in [2.45, 2.75) is 26.7 Å². The summed E-state index contributed by atoms with van der Waals surface area (Å²) in [6.07, 6.45) is 2.70. The first-order valence-corrected chi connectivity index (χ1v) is 4.96. The van der Waals surface area contributed by atoms with Crippen LogP contribution in [0.4, 0.5) is 0 Å². The van der Waals surface area contributed by atoms with Crippen LogP contribution in [-0.4, -0.2) is 6.61 Å². The summed E-state index contributed by atoms with van der Waals surface area (Å²) < 4.78 is 5.74. The lowest BCUT2D eigenvalue weighted by Crippen LogP contribution is -2.00. The molecule has 0 aliphatic heterocycles. The van der Waals surface area contributed by atoms with E-state index >= 15 is 0 Å². The molecule has 0 aromatic heterocycles. The van der Waals surface area contributed by atoms with Gasteiger partial charge in [0.25, 0.3) is 0 Å². The first kappa shape index (κ1) is 8.61. The third-order valence-corrected chi connectivity index (χ3v) is 2.52. The van der Waals surface area contributed by atoms with E-state index in [4.69, 9.17) is 4.74 Å². The highest BCUT2D eigenvalue weighted by molar-refractivity contribution is 5.35. The van der Waals surface area contributed by atoms with E-state index < -0.39 is 0 Å². The maximum Gasteiger partial charge on any atom is 0.122 e. The molecule has 0 N–H and O–H groups in total. The van der Waals surface area contributed by atoms with Gasteiger partial charge >= 0.3 is 0 Å². The topological polar surface area (TPSA) is 9.23 Å². The highest BCUT2D eigenvalue weighted by Gasteiger charge is 2.22. The van der Waals surface area contributed by atoms with Crippen LogP contribution < -0.4 is 4.74 Å². The number of aryl methyl sites for hydroxylation is 2. The van der Waals surface area contributed by atoms with Gasteiger partial charge < -0.3 is 4.74 Å². The van der Waals surface area contributed by atoms with Crippen molar-refractivity contribution in [1.29, 1.82) is 0 Å². The first-order chi connectivity index (χ1) is 6.25. The van der Waals surface area contributed by atoms with E-state index in [1.54, 1.807) is 0 Å². The molecule has 0 heterocycles. The Hall–Kier alpha value is -0.980. The molecule has 0 unspecified atom stereocenters. The van der Waals surface area contributed by atoms with Gasteiger partial charge in [0, 0.05) is 0 Å². The third-order valence-electron chi connectivity index (χ3n) is 2.52. The normalized spacial score (nSPS) is 15.8. The van der Waals surface area contributed by atoms with Gasteiger partial charge in [-0.3, -0.25) is 0 Å². The largest absolute Gasteiger partial charge is 0.493 e. The van der Waals surface area contributed by atoms with Gasteiger partial charge in [0.2, 0.25) is 0 Å². The Kier molecular flexibility index (Phi) is 2.26. The summed E-state index contributed by atoms with van der Waals surface area (Å²) in [7, 11) is 0. The molecule has 1 aliphatic rings. The van der Waals surface area contributed by atoms with Crippen LogP contribution in [0, 0.1) is 19.8 Å². The average molecular weight is 176 g/mol. The minimum Gasteiger partial charge on any atom is -0.493 e. The van der Waals surface area contributed by atoms with Crippen molar-refractivity contribution >= 4 is 0 Å². The van der Waals surface area contributed by atoms with Gasteiger partial charge in [-0.05, 0) is 49.8 Å². The van der Waals surface area contributed by atoms with Crippen molar-refractivity contribution in [2.24, 2.45) is 5.92 Å². The molecule has 0 radical (unpaired) electrons. The second-order valence-electron chi connectivity index (χ2n) is 4.02. The van der Waals surface area contributed by atoms with Crippen LogP contribution in [0.1, 0.15) is 24.0 Å². The Balaban J connectivity index is 2.03. The fourth-order valence-electron chi connectivity index (χ4n) is 1.35. The van der Waals surface area contributed by atoms with Crippen LogP contribution in [0.15, 0.2) is 18.2 Å². The average Bonchev–Trinajstić information content (AvgIpc) is 2.90.